The van der Waals surface area contributed by atoms with Crippen LogP contribution in [0.3, 0.4) is 0 Å². The summed E-state index contributed by atoms with van der Waals surface area (Å²) in [6.45, 7) is 10.1. The van der Waals surface area contributed by atoms with Crippen LogP contribution in [0.15, 0.2) is 12.2 Å². The highest BCUT2D eigenvalue weighted by molar-refractivity contribution is 4.99. The first-order chi connectivity index (χ1) is 7.24. The van der Waals surface area contributed by atoms with Gasteiger partial charge in [-0.2, -0.15) is 0 Å². The summed E-state index contributed by atoms with van der Waals surface area (Å²) in [6.07, 6.45) is 1.12. The zero-order valence-corrected chi connectivity index (χ0v) is 9.71. The summed E-state index contributed by atoms with van der Waals surface area (Å²) in [5.74, 6) is 0. The van der Waals surface area contributed by atoms with E-state index in [9.17, 15) is 0 Å². The van der Waals surface area contributed by atoms with E-state index >= 15 is 0 Å². The maximum Gasteiger partial charge on any atom is 0.0558 e. The van der Waals surface area contributed by atoms with Gasteiger partial charge in [0.05, 0.1) is 13.2 Å². The molecular formula is C11H24N2O2. The molecule has 0 aliphatic carbocycles. The van der Waals surface area contributed by atoms with Crippen molar-refractivity contribution in [3.05, 3.63) is 12.2 Å². The molecule has 3 N–H and O–H groups in total. The van der Waals surface area contributed by atoms with Gasteiger partial charge in [-0.25, -0.2) is 0 Å². The first-order valence-corrected chi connectivity index (χ1v) is 5.56. The lowest BCUT2D eigenvalue weighted by Gasteiger charge is -2.21. The highest BCUT2D eigenvalue weighted by Crippen LogP contribution is 1.95. The Hall–Kier alpha value is -0.420. The number of rotatable bonds is 10. The fourth-order valence-electron chi connectivity index (χ4n) is 1.37. The normalized spacial score (nSPS) is 10.9. The Morgan fingerprint density at radius 2 is 1.87 bits per heavy atom. The second kappa shape index (κ2) is 10.1. The van der Waals surface area contributed by atoms with E-state index in [0.29, 0.717) is 13.1 Å². The van der Waals surface area contributed by atoms with Crippen molar-refractivity contribution in [3.63, 3.8) is 0 Å². The van der Waals surface area contributed by atoms with Gasteiger partial charge >= 0.3 is 0 Å². The van der Waals surface area contributed by atoms with Gasteiger partial charge in [0.1, 0.15) is 0 Å². The van der Waals surface area contributed by atoms with Crippen LogP contribution in [-0.2, 0) is 0 Å². The number of aliphatic hydroxyl groups is 2. The number of aliphatic hydroxyl groups excluding tert-OH is 2. The molecule has 0 saturated heterocycles. The molecule has 0 aliphatic heterocycles. The molecule has 0 unspecified atom stereocenters. The van der Waals surface area contributed by atoms with E-state index in [1.54, 1.807) is 0 Å². The molecule has 90 valence electrons. The summed E-state index contributed by atoms with van der Waals surface area (Å²) in [5, 5.41) is 20.9. The van der Waals surface area contributed by atoms with Gasteiger partial charge < -0.3 is 15.5 Å². The molecule has 0 rings (SSSR count). The molecule has 0 saturated carbocycles. The molecule has 15 heavy (non-hydrogen) atoms. The minimum absolute atomic E-state index is 0.121. The zero-order chi connectivity index (χ0) is 11.5. The van der Waals surface area contributed by atoms with Gasteiger partial charge in [0.15, 0.2) is 0 Å². The third-order valence-electron chi connectivity index (χ3n) is 2.08. The molecule has 0 aromatic heterocycles. The molecule has 0 spiro atoms. The van der Waals surface area contributed by atoms with E-state index in [0.717, 1.165) is 31.6 Å². The van der Waals surface area contributed by atoms with Crippen molar-refractivity contribution in [2.75, 3.05) is 45.9 Å². The highest BCUT2D eigenvalue weighted by Gasteiger charge is 2.04. The molecule has 0 atom stereocenters. The summed E-state index contributed by atoms with van der Waals surface area (Å²) < 4.78 is 0. The van der Waals surface area contributed by atoms with E-state index in [4.69, 9.17) is 10.2 Å². The predicted octanol–water partition coefficient (Wildman–Crippen LogP) is -0.171. The van der Waals surface area contributed by atoms with Gasteiger partial charge in [-0.05, 0) is 18.5 Å². The summed E-state index contributed by atoms with van der Waals surface area (Å²) in [6, 6.07) is 0. The van der Waals surface area contributed by atoms with Crippen molar-refractivity contribution in [2.45, 2.75) is 13.3 Å². The molecule has 0 bridgehead atoms. The van der Waals surface area contributed by atoms with E-state index in [-0.39, 0.29) is 13.2 Å². The molecule has 4 nitrogen and oxygen atoms in total. The molecule has 0 aromatic carbocycles. The van der Waals surface area contributed by atoms with Crippen molar-refractivity contribution in [2.24, 2.45) is 0 Å². The second-order valence-electron chi connectivity index (χ2n) is 3.65. The van der Waals surface area contributed by atoms with Gasteiger partial charge in [-0.15, -0.1) is 0 Å². The lowest BCUT2D eigenvalue weighted by Crippen LogP contribution is -2.33. The number of hydrogen-bond donors (Lipinski definition) is 3. The highest BCUT2D eigenvalue weighted by atomic mass is 16.3. The summed E-state index contributed by atoms with van der Waals surface area (Å²) in [7, 11) is 0. The average molecular weight is 216 g/mol. The van der Waals surface area contributed by atoms with Gasteiger partial charge in [0.25, 0.3) is 0 Å². The second-order valence-corrected chi connectivity index (χ2v) is 3.65. The SMILES string of the molecule is C=C(CNCCC)CN(CCO)CCO. The van der Waals surface area contributed by atoms with Gasteiger partial charge in [0, 0.05) is 26.2 Å². The van der Waals surface area contributed by atoms with Crippen LogP contribution in [0.1, 0.15) is 13.3 Å². The number of hydrogen-bond acceptors (Lipinski definition) is 4. The van der Waals surface area contributed by atoms with Crippen LogP contribution in [0.4, 0.5) is 0 Å². The predicted molar refractivity (Wildman–Crippen MR) is 62.9 cm³/mol. The van der Waals surface area contributed by atoms with Crippen LogP contribution in [0.25, 0.3) is 0 Å². The van der Waals surface area contributed by atoms with Crippen molar-refractivity contribution in [1.82, 2.24) is 10.2 Å². The Balaban J connectivity index is 3.67. The van der Waals surface area contributed by atoms with Crippen LogP contribution in [0.2, 0.25) is 0 Å². The van der Waals surface area contributed by atoms with Gasteiger partial charge in [-0.1, -0.05) is 13.5 Å². The van der Waals surface area contributed by atoms with Gasteiger partial charge in [0.2, 0.25) is 0 Å². The first-order valence-electron chi connectivity index (χ1n) is 5.56. The minimum atomic E-state index is 0.121. The average Bonchev–Trinajstić information content (AvgIpc) is 2.19. The monoisotopic (exact) mass is 216 g/mol. The first kappa shape index (κ1) is 14.6. The molecule has 0 heterocycles. The van der Waals surface area contributed by atoms with Crippen LogP contribution in [0, 0.1) is 0 Å². The zero-order valence-electron chi connectivity index (χ0n) is 9.71. The Labute approximate surface area is 92.6 Å². The lowest BCUT2D eigenvalue weighted by atomic mass is 10.2. The smallest absolute Gasteiger partial charge is 0.0558 e. The molecule has 0 aliphatic rings. The third-order valence-corrected chi connectivity index (χ3v) is 2.08. The standard InChI is InChI=1S/C11H24N2O2/c1-3-4-12-9-11(2)10-13(5-7-14)6-8-15/h12,14-15H,2-10H2,1H3. The molecular weight excluding hydrogens is 192 g/mol. The van der Waals surface area contributed by atoms with Crippen LogP contribution in [0.5, 0.6) is 0 Å². The quantitative estimate of drug-likeness (QED) is 0.350. The summed E-state index contributed by atoms with van der Waals surface area (Å²) in [4.78, 5) is 2.00. The molecule has 0 radical (unpaired) electrons. The lowest BCUT2D eigenvalue weighted by molar-refractivity contribution is 0.169. The van der Waals surface area contributed by atoms with E-state index in [1.807, 2.05) is 4.90 Å². The Bertz CT molecular complexity index is 157. The summed E-state index contributed by atoms with van der Waals surface area (Å²) in [5.41, 5.74) is 1.09. The molecule has 4 heteroatoms. The molecule has 0 fully saturated rings. The number of nitrogens with zero attached hydrogens (tertiary/aromatic N) is 1. The van der Waals surface area contributed by atoms with Crippen molar-refractivity contribution in [1.29, 1.82) is 0 Å². The maximum atomic E-state index is 8.82. The topological polar surface area (TPSA) is 55.7 Å². The van der Waals surface area contributed by atoms with Crippen LogP contribution >= 0.6 is 0 Å². The van der Waals surface area contributed by atoms with Crippen molar-refractivity contribution in [3.8, 4) is 0 Å². The van der Waals surface area contributed by atoms with Crippen LogP contribution in [-0.4, -0.2) is 61.1 Å². The Morgan fingerprint density at radius 3 is 2.33 bits per heavy atom. The van der Waals surface area contributed by atoms with E-state index in [2.05, 4.69) is 18.8 Å². The van der Waals surface area contributed by atoms with E-state index in [1.165, 1.54) is 0 Å². The number of nitrogens with one attached hydrogen (secondary N) is 1. The third kappa shape index (κ3) is 8.57. The molecule has 0 amide bonds. The summed E-state index contributed by atoms with van der Waals surface area (Å²) >= 11 is 0. The minimum Gasteiger partial charge on any atom is -0.395 e. The van der Waals surface area contributed by atoms with Crippen LogP contribution < -0.4 is 5.32 Å². The van der Waals surface area contributed by atoms with Crippen molar-refractivity contribution < 1.29 is 10.2 Å². The Kier molecular flexibility index (Phi) is 9.83. The van der Waals surface area contributed by atoms with Crippen molar-refractivity contribution >= 4 is 0 Å². The molecule has 0 aromatic rings. The Morgan fingerprint density at radius 1 is 1.27 bits per heavy atom. The largest absolute Gasteiger partial charge is 0.395 e. The fraction of sp³-hybridized carbons (Fsp3) is 0.818. The maximum absolute atomic E-state index is 8.82. The van der Waals surface area contributed by atoms with E-state index < -0.39 is 0 Å². The fourth-order valence-corrected chi connectivity index (χ4v) is 1.37. The van der Waals surface area contributed by atoms with Gasteiger partial charge in [-0.3, -0.25) is 4.90 Å².